The zero-order valence-corrected chi connectivity index (χ0v) is 15.4. The van der Waals surface area contributed by atoms with Gasteiger partial charge >= 0.3 is 6.03 Å². The van der Waals surface area contributed by atoms with Crippen molar-refractivity contribution in [2.24, 2.45) is 5.92 Å². The molecule has 0 bridgehead atoms. The molecule has 0 radical (unpaired) electrons. The largest absolute Gasteiger partial charge is 0.324 e. The summed E-state index contributed by atoms with van der Waals surface area (Å²) in [5, 5.41) is 10.7. The Morgan fingerprint density at radius 1 is 1.29 bits per heavy atom. The van der Waals surface area contributed by atoms with E-state index in [1.807, 2.05) is 19.1 Å². The number of piperidine rings is 1. The third-order valence-corrected chi connectivity index (χ3v) is 6.32. The number of amides is 2. The molecule has 2 N–H and O–H groups in total. The normalized spacial score (nSPS) is 25.4. The number of benzene rings is 2. The Morgan fingerprint density at radius 2 is 2.07 bits per heavy atom. The summed E-state index contributed by atoms with van der Waals surface area (Å²) in [5.74, 6) is -3.62. The van der Waals surface area contributed by atoms with Crippen LogP contribution in [0.15, 0.2) is 48.7 Å². The minimum Gasteiger partial charge on any atom is -0.324 e. The van der Waals surface area contributed by atoms with Gasteiger partial charge in [0.15, 0.2) is 0 Å². The summed E-state index contributed by atoms with van der Waals surface area (Å²) in [5.41, 5.74) is 1.98. The highest BCUT2D eigenvalue weighted by Gasteiger charge is 2.81. The summed E-state index contributed by atoms with van der Waals surface area (Å²) in [6, 6.07) is 12.3. The van der Waals surface area contributed by atoms with E-state index in [1.54, 1.807) is 36.5 Å². The van der Waals surface area contributed by atoms with Crippen LogP contribution in [0.5, 0.6) is 0 Å². The standard InChI is InChI=1S/C21H20F2N4O/c1-13-9-15(10-17-16(13)11-24-26-17)25-19(28)27-8-7-20(14-5-3-2-4-6-14)18(12-27)21(20,22)23/h2-6,9-11,18H,7-8,12H2,1H3,(H,24,26)(H,25,28). The average Bonchev–Trinajstić information content (AvgIpc) is 2.98. The number of H-pyrrole nitrogens is 1. The van der Waals surface area contributed by atoms with Crippen LogP contribution in [0.1, 0.15) is 17.5 Å². The molecule has 1 saturated carbocycles. The van der Waals surface area contributed by atoms with Crippen LogP contribution in [-0.2, 0) is 5.41 Å². The minimum absolute atomic E-state index is 0.0546. The molecule has 2 aliphatic rings. The van der Waals surface area contributed by atoms with Gasteiger partial charge in [0.2, 0.25) is 0 Å². The molecule has 1 saturated heterocycles. The molecule has 144 valence electrons. The molecule has 2 fully saturated rings. The quantitative estimate of drug-likeness (QED) is 0.694. The van der Waals surface area contributed by atoms with Crippen molar-refractivity contribution in [1.82, 2.24) is 15.1 Å². The van der Waals surface area contributed by atoms with Gasteiger partial charge in [0.05, 0.1) is 23.0 Å². The lowest BCUT2D eigenvalue weighted by molar-refractivity contribution is 0.0777. The van der Waals surface area contributed by atoms with Crippen LogP contribution in [0.3, 0.4) is 0 Å². The van der Waals surface area contributed by atoms with Crippen molar-refractivity contribution in [1.29, 1.82) is 0 Å². The molecule has 5 rings (SSSR count). The number of aromatic nitrogens is 2. The maximum Gasteiger partial charge on any atom is 0.321 e. The lowest BCUT2D eigenvalue weighted by Crippen LogP contribution is -2.42. The molecule has 2 heterocycles. The summed E-state index contributed by atoms with van der Waals surface area (Å²) in [6.45, 7) is 2.30. The number of carbonyl (C=O) groups is 1. The number of rotatable bonds is 2. The number of alkyl halides is 2. The van der Waals surface area contributed by atoms with Crippen LogP contribution in [0, 0.1) is 12.8 Å². The highest BCUT2D eigenvalue weighted by Crippen LogP contribution is 2.70. The fourth-order valence-electron chi connectivity index (χ4n) is 4.73. The molecule has 2 unspecified atom stereocenters. The highest BCUT2D eigenvalue weighted by molar-refractivity contribution is 5.93. The molecule has 2 amide bonds. The SMILES string of the molecule is Cc1cc(NC(=O)N2CCC3(c4ccccc4)C(C2)C3(F)F)cc2[nH]ncc12. The summed E-state index contributed by atoms with van der Waals surface area (Å²) >= 11 is 0. The van der Waals surface area contributed by atoms with E-state index in [9.17, 15) is 13.6 Å². The first-order chi connectivity index (χ1) is 13.4. The van der Waals surface area contributed by atoms with Crippen molar-refractivity contribution < 1.29 is 13.6 Å². The second-order valence-corrected chi connectivity index (χ2v) is 7.76. The van der Waals surface area contributed by atoms with E-state index in [2.05, 4.69) is 15.5 Å². The molecule has 5 nitrogen and oxygen atoms in total. The lowest BCUT2D eigenvalue weighted by atomic mass is 9.87. The Bertz CT molecular complexity index is 1060. The molecular formula is C21H20F2N4O. The molecule has 1 aliphatic heterocycles. The van der Waals surface area contributed by atoms with Gasteiger partial charge in [-0.05, 0) is 36.6 Å². The van der Waals surface area contributed by atoms with Gasteiger partial charge in [-0.2, -0.15) is 5.10 Å². The molecule has 2 aromatic carbocycles. The fraction of sp³-hybridized carbons (Fsp3) is 0.333. The molecule has 1 aromatic heterocycles. The molecule has 2 atom stereocenters. The molecule has 1 aliphatic carbocycles. The van der Waals surface area contributed by atoms with Crippen molar-refractivity contribution in [2.45, 2.75) is 24.7 Å². The number of likely N-dealkylation sites (tertiary alicyclic amines) is 1. The van der Waals surface area contributed by atoms with Gasteiger partial charge in [-0.1, -0.05) is 30.3 Å². The second kappa shape index (κ2) is 5.77. The monoisotopic (exact) mass is 382 g/mol. The number of urea groups is 1. The molecule has 0 spiro atoms. The molecular weight excluding hydrogens is 362 g/mol. The zero-order chi connectivity index (χ0) is 19.5. The number of carbonyl (C=O) groups excluding carboxylic acids is 1. The van der Waals surface area contributed by atoms with Crippen LogP contribution >= 0.6 is 0 Å². The Kier molecular flexibility index (Phi) is 3.53. The molecule has 7 heteroatoms. The Morgan fingerprint density at radius 3 is 2.82 bits per heavy atom. The predicted molar refractivity (Wildman–Crippen MR) is 103 cm³/mol. The number of nitrogens with zero attached hydrogens (tertiary/aromatic N) is 2. The van der Waals surface area contributed by atoms with Crippen LogP contribution in [0.4, 0.5) is 19.3 Å². The van der Waals surface area contributed by atoms with Crippen molar-refractivity contribution in [2.75, 3.05) is 18.4 Å². The third kappa shape index (κ3) is 2.28. The Balaban J connectivity index is 1.34. The maximum atomic E-state index is 14.7. The van der Waals surface area contributed by atoms with Gasteiger partial charge < -0.3 is 10.2 Å². The van der Waals surface area contributed by atoms with Gasteiger partial charge in [-0.25, -0.2) is 13.6 Å². The first kappa shape index (κ1) is 17.2. The van der Waals surface area contributed by atoms with Crippen molar-refractivity contribution in [3.05, 3.63) is 59.8 Å². The lowest BCUT2D eigenvalue weighted by Gasteiger charge is -2.30. The number of aromatic amines is 1. The number of nitrogens with one attached hydrogen (secondary N) is 2. The Labute approximate surface area is 160 Å². The van der Waals surface area contributed by atoms with Crippen molar-refractivity contribution >= 4 is 22.6 Å². The molecule has 3 aromatic rings. The van der Waals surface area contributed by atoms with E-state index in [0.29, 0.717) is 17.8 Å². The first-order valence-electron chi connectivity index (χ1n) is 9.36. The number of anilines is 1. The zero-order valence-electron chi connectivity index (χ0n) is 15.4. The number of halogens is 2. The fourth-order valence-corrected chi connectivity index (χ4v) is 4.73. The van der Waals surface area contributed by atoms with E-state index < -0.39 is 17.3 Å². The van der Waals surface area contributed by atoms with Gasteiger partial charge in [-0.3, -0.25) is 5.10 Å². The number of hydrogen-bond donors (Lipinski definition) is 2. The van der Waals surface area contributed by atoms with Crippen LogP contribution in [-0.4, -0.2) is 40.1 Å². The van der Waals surface area contributed by atoms with Crippen molar-refractivity contribution in [3.63, 3.8) is 0 Å². The van der Waals surface area contributed by atoms with Gasteiger partial charge in [-0.15, -0.1) is 0 Å². The highest BCUT2D eigenvalue weighted by atomic mass is 19.3. The summed E-state index contributed by atoms with van der Waals surface area (Å²) in [6.07, 6.45) is 2.00. The number of fused-ring (bicyclic) bond motifs is 2. The third-order valence-electron chi connectivity index (χ3n) is 6.32. The van der Waals surface area contributed by atoms with Gasteiger partial charge in [0.1, 0.15) is 0 Å². The summed E-state index contributed by atoms with van der Waals surface area (Å²) in [4.78, 5) is 14.2. The summed E-state index contributed by atoms with van der Waals surface area (Å²) in [7, 11) is 0. The first-order valence-corrected chi connectivity index (χ1v) is 9.36. The second-order valence-electron chi connectivity index (χ2n) is 7.76. The van der Waals surface area contributed by atoms with Gasteiger partial charge in [0, 0.05) is 24.2 Å². The van der Waals surface area contributed by atoms with E-state index >= 15 is 0 Å². The predicted octanol–water partition coefficient (Wildman–Crippen LogP) is 4.31. The van der Waals surface area contributed by atoms with E-state index in [4.69, 9.17) is 0 Å². The van der Waals surface area contributed by atoms with Crippen LogP contribution in [0.25, 0.3) is 10.9 Å². The summed E-state index contributed by atoms with van der Waals surface area (Å²) < 4.78 is 29.5. The number of aryl methyl sites for hydroxylation is 1. The van der Waals surface area contributed by atoms with Crippen LogP contribution in [0.2, 0.25) is 0 Å². The van der Waals surface area contributed by atoms with Crippen LogP contribution < -0.4 is 5.32 Å². The van der Waals surface area contributed by atoms with Crippen molar-refractivity contribution in [3.8, 4) is 0 Å². The topological polar surface area (TPSA) is 61.0 Å². The smallest absolute Gasteiger partial charge is 0.321 e. The van der Waals surface area contributed by atoms with Gasteiger partial charge in [0.25, 0.3) is 5.92 Å². The molecule has 28 heavy (non-hydrogen) atoms. The Hall–Kier alpha value is -2.96. The van der Waals surface area contributed by atoms with E-state index in [1.165, 1.54) is 4.90 Å². The van der Waals surface area contributed by atoms with E-state index in [-0.39, 0.29) is 19.0 Å². The maximum absolute atomic E-state index is 14.7. The van der Waals surface area contributed by atoms with E-state index in [0.717, 1.165) is 16.5 Å². The minimum atomic E-state index is -2.78. The number of hydrogen-bond acceptors (Lipinski definition) is 2. The average molecular weight is 382 g/mol.